The number of pyridine rings is 1. The lowest BCUT2D eigenvalue weighted by molar-refractivity contribution is -0.181. The van der Waals surface area contributed by atoms with Crippen LogP contribution in [0.4, 0.5) is 0 Å². The van der Waals surface area contributed by atoms with Gasteiger partial charge in [0.1, 0.15) is 10.7 Å². The highest BCUT2D eigenvalue weighted by Gasteiger charge is 2.41. The van der Waals surface area contributed by atoms with Gasteiger partial charge in [-0.05, 0) is 12.1 Å². The van der Waals surface area contributed by atoms with Crippen molar-refractivity contribution in [2.75, 3.05) is 26.3 Å². The molecule has 0 bridgehead atoms. The fraction of sp³-hybridized carbons (Fsp3) is 0.438. The maximum Gasteiger partial charge on any atom is 0.273 e. The molecule has 4 rings (SSSR count). The zero-order valence-electron chi connectivity index (χ0n) is 12.6. The Morgan fingerprint density at radius 2 is 2.00 bits per heavy atom. The Labute approximate surface area is 138 Å². The third-order valence-electron chi connectivity index (χ3n) is 4.23. The van der Waals surface area contributed by atoms with Crippen molar-refractivity contribution >= 4 is 17.2 Å². The van der Waals surface area contributed by atoms with Gasteiger partial charge in [-0.2, -0.15) is 0 Å². The highest BCUT2D eigenvalue weighted by molar-refractivity contribution is 7.13. The molecule has 1 amide bonds. The van der Waals surface area contributed by atoms with E-state index in [4.69, 9.17) is 9.47 Å². The number of nitrogens with zero attached hydrogens (tertiary/aromatic N) is 3. The first-order valence-electron chi connectivity index (χ1n) is 7.70. The molecular weight excluding hydrogens is 314 g/mol. The highest BCUT2D eigenvalue weighted by Crippen LogP contribution is 2.32. The van der Waals surface area contributed by atoms with Gasteiger partial charge in [-0.3, -0.25) is 9.78 Å². The van der Waals surface area contributed by atoms with E-state index in [0.29, 0.717) is 32.0 Å². The van der Waals surface area contributed by atoms with Crippen molar-refractivity contribution in [2.45, 2.75) is 18.6 Å². The summed E-state index contributed by atoms with van der Waals surface area (Å²) in [5, 5.41) is 2.57. The number of likely N-dealkylation sites (tertiary alicyclic amines) is 1. The second-order valence-electron chi connectivity index (χ2n) is 5.65. The fourth-order valence-electron chi connectivity index (χ4n) is 2.98. The Morgan fingerprint density at radius 3 is 2.70 bits per heavy atom. The lowest BCUT2D eigenvalue weighted by Crippen LogP contribution is -2.47. The molecule has 4 heterocycles. The summed E-state index contributed by atoms with van der Waals surface area (Å²) >= 11 is 1.44. The van der Waals surface area contributed by atoms with Gasteiger partial charge in [-0.1, -0.05) is 6.07 Å². The second-order valence-corrected chi connectivity index (χ2v) is 6.51. The zero-order valence-corrected chi connectivity index (χ0v) is 13.4. The molecule has 7 heteroatoms. The van der Waals surface area contributed by atoms with Crippen LogP contribution in [0.15, 0.2) is 29.8 Å². The van der Waals surface area contributed by atoms with Crippen LogP contribution in [0, 0.1) is 0 Å². The maximum absolute atomic E-state index is 12.6. The topological polar surface area (TPSA) is 64.6 Å². The van der Waals surface area contributed by atoms with Crippen LogP contribution in [-0.4, -0.2) is 52.9 Å². The van der Waals surface area contributed by atoms with Crippen LogP contribution in [0.2, 0.25) is 0 Å². The third kappa shape index (κ3) is 2.87. The lowest BCUT2D eigenvalue weighted by Gasteiger charge is -2.37. The van der Waals surface area contributed by atoms with Crippen molar-refractivity contribution in [3.05, 3.63) is 35.5 Å². The van der Waals surface area contributed by atoms with E-state index in [2.05, 4.69) is 9.97 Å². The molecule has 2 fully saturated rings. The van der Waals surface area contributed by atoms with Crippen molar-refractivity contribution in [1.82, 2.24) is 14.9 Å². The van der Waals surface area contributed by atoms with E-state index < -0.39 is 5.79 Å². The highest BCUT2D eigenvalue weighted by atomic mass is 32.1. The van der Waals surface area contributed by atoms with Crippen molar-refractivity contribution < 1.29 is 14.3 Å². The number of amides is 1. The molecule has 0 radical (unpaired) electrons. The normalized spacial score (nSPS) is 20.1. The summed E-state index contributed by atoms with van der Waals surface area (Å²) in [6, 6.07) is 5.67. The molecule has 0 unspecified atom stereocenters. The van der Waals surface area contributed by atoms with Crippen LogP contribution in [0.3, 0.4) is 0 Å². The SMILES string of the molecule is O=C(c1csc(-c2ccccn2)n1)N1CCC2(CC1)OCCO2. The molecule has 2 saturated heterocycles. The van der Waals surface area contributed by atoms with Crippen LogP contribution in [-0.2, 0) is 9.47 Å². The Bertz CT molecular complexity index is 688. The number of carbonyl (C=O) groups is 1. The number of aromatic nitrogens is 2. The Kier molecular flexibility index (Phi) is 3.84. The van der Waals surface area contributed by atoms with Crippen LogP contribution in [0.25, 0.3) is 10.7 Å². The molecule has 2 aromatic heterocycles. The summed E-state index contributed by atoms with van der Waals surface area (Å²) in [7, 11) is 0. The smallest absolute Gasteiger partial charge is 0.273 e. The summed E-state index contributed by atoms with van der Waals surface area (Å²) in [4.78, 5) is 23.2. The average Bonchev–Trinajstić information content (AvgIpc) is 3.26. The van der Waals surface area contributed by atoms with Gasteiger partial charge in [0, 0.05) is 37.5 Å². The minimum absolute atomic E-state index is 0.0312. The van der Waals surface area contributed by atoms with Crippen molar-refractivity contribution in [3.63, 3.8) is 0 Å². The van der Waals surface area contributed by atoms with Gasteiger partial charge in [0.25, 0.3) is 5.91 Å². The Hall–Kier alpha value is -1.83. The third-order valence-corrected chi connectivity index (χ3v) is 5.10. The molecule has 23 heavy (non-hydrogen) atoms. The van der Waals surface area contributed by atoms with Gasteiger partial charge < -0.3 is 14.4 Å². The van der Waals surface area contributed by atoms with Gasteiger partial charge in [0.2, 0.25) is 0 Å². The lowest BCUT2D eigenvalue weighted by atomic mass is 10.0. The molecule has 0 atom stereocenters. The Morgan fingerprint density at radius 1 is 1.22 bits per heavy atom. The number of rotatable bonds is 2. The number of ether oxygens (including phenoxy) is 2. The average molecular weight is 331 g/mol. The van der Waals surface area contributed by atoms with E-state index in [1.807, 2.05) is 23.1 Å². The van der Waals surface area contributed by atoms with Crippen molar-refractivity contribution in [1.29, 1.82) is 0 Å². The zero-order chi connectivity index (χ0) is 15.7. The molecule has 0 aliphatic carbocycles. The Balaban J connectivity index is 1.45. The van der Waals surface area contributed by atoms with Crippen molar-refractivity contribution in [3.8, 4) is 10.7 Å². The standard InChI is InChI=1S/C16H17N3O3S/c20-15(19-7-4-16(5-8-19)21-9-10-22-16)13-11-23-14(18-13)12-3-1-2-6-17-12/h1-3,6,11H,4-5,7-10H2. The quantitative estimate of drug-likeness (QED) is 0.844. The van der Waals surface area contributed by atoms with E-state index in [-0.39, 0.29) is 5.91 Å². The maximum atomic E-state index is 12.6. The summed E-state index contributed by atoms with van der Waals surface area (Å²) in [5.41, 5.74) is 1.28. The molecule has 1 spiro atoms. The van der Waals surface area contributed by atoms with E-state index in [1.165, 1.54) is 11.3 Å². The van der Waals surface area contributed by atoms with E-state index in [1.54, 1.807) is 11.6 Å². The van der Waals surface area contributed by atoms with Gasteiger partial charge in [-0.25, -0.2) is 4.98 Å². The molecule has 2 aliphatic heterocycles. The molecule has 0 aromatic carbocycles. The van der Waals surface area contributed by atoms with Crippen LogP contribution >= 0.6 is 11.3 Å². The number of hydrogen-bond acceptors (Lipinski definition) is 6. The number of piperidine rings is 1. The van der Waals surface area contributed by atoms with Crippen molar-refractivity contribution in [2.24, 2.45) is 0 Å². The molecule has 2 aromatic rings. The fourth-order valence-corrected chi connectivity index (χ4v) is 3.75. The minimum Gasteiger partial charge on any atom is -0.347 e. The molecule has 120 valence electrons. The van der Waals surface area contributed by atoms with Crippen LogP contribution in [0.1, 0.15) is 23.3 Å². The van der Waals surface area contributed by atoms with Gasteiger partial charge in [-0.15, -0.1) is 11.3 Å². The first kappa shape index (κ1) is 14.7. The number of carbonyl (C=O) groups excluding carboxylic acids is 1. The van der Waals surface area contributed by atoms with E-state index in [0.717, 1.165) is 23.5 Å². The number of thiazole rings is 1. The number of hydrogen-bond donors (Lipinski definition) is 0. The predicted octanol–water partition coefficient (Wildman–Crippen LogP) is 2.18. The second kappa shape index (κ2) is 5.99. The molecule has 0 N–H and O–H groups in total. The molecule has 6 nitrogen and oxygen atoms in total. The van der Waals surface area contributed by atoms with Crippen LogP contribution < -0.4 is 0 Å². The largest absolute Gasteiger partial charge is 0.347 e. The van der Waals surface area contributed by atoms with E-state index >= 15 is 0 Å². The van der Waals surface area contributed by atoms with Gasteiger partial charge in [0.15, 0.2) is 5.79 Å². The minimum atomic E-state index is -0.460. The first-order chi connectivity index (χ1) is 11.3. The first-order valence-corrected chi connectivity index (χ1v) is 8.58. The van der Waals surface area contributed by atoms with Crippen LogP contribution in [0.5, 0.6) is 0 Å². The monoisotopic (exact) mass is 331 g/mol. The summed E-state index contributed by atoms with van der Waals surface area (Å²) in [5.74, 6) is -0.492. The molecule has 2 aliphatic rings. The summed E-state index contributed by atoms with van der Waals surface area (Å²) in [6.07, 6.45) is 3.16. The predicted molar refractivity (Wildman–Crippen MR) is 85.1 cm³/mol. The van der Waals surface area contributed by atoms with E-state index in [9.17, 15) is 4.79 Å². The van der Waals surface area contributed by atoms with Gasteiger partial charge >= 0.3 is 0 Å². The summed E-state index contributed by atoms with van der Waals surface area (Å²) < 4.78 is 11.4. The van der Waals surface area contributed by atoms with Gasteiger partial charge in [0.05, 0.1) is 18.9 Å². The molecular formula is C16H17N3O3S. The molecule has 0 saturated carbocycles. The summed E-state index contributed by atoms with van der Waals surface area (Å²) in [6.45, 7) is 2.56.